The standard InChI is InChI=1S/C16H25N3O2/c1-4-8-18-15(20)12-6-5-7-13(10-12)19-16(21)14(17)9-11(2)3/h5-7,10-11,14H,4,8-9,17H2,1-3H3,(H,18,20)(H,19,21)/t14-/m1/s1. The number of hydrogen-bond donors (Lipinski definition) is 3. The third kappa shape index (κ3) is 5.95. The molecule has 0 radical (unpaired) electrons. The Kier molecular flexibility index (Phi) is 6.88. The summed E-state index contributed by atoms with van der Waals surface area (Å²) in [6.45, 7) is 6.67. The zero-order valence-corrected chi connectivity index (χ0v) is 13.0. The molecule has 1 aromatic rings. The topological polar surface area (TPSA) is 84.2 Å². The summed E-state index contributed by atoms with van der Waals surface area (Å²) in [7, 11) is 0. The van der Waals surface area contributed by atoms with Crippen LogP contribution in [0.4, 0.5) is 5.69 Å². The summed E-state index contributed by atoms with van der Waals surface area (Å²) in [5, 5.41) is 5.56. The Balaban J connectivity index is 2.68. The molecule has 5 heteroatoms. The van der Waals surface area contributed by atoms with Gasteiger partial charge in [-0.15, -0.1) is 0 Å². The molecule has 116 valence electrons. The lowest BCUT2D eigenvalue weighted by Crippen LogP contribution is -2.36. The second kappa shape index (κ2) is 8.42. The van der Waals surface area contributed by atoms with Crippen molar-refractivity contribution in [1.29, 1.82) is 0 Å². The van der Waals surface area contributed by atoms with E-state index in [4.69, 9.17) is 5.73 Å². The molecule has 0 aromatic heterocycles. The van der Waals surface area contributed by atoms with Gasteiger partial charge in [0.1, 0.15) is 0 Å². The molecule has 0 aliphatic carbocycles. The number of nitrogens with two attached hydrogens (primary N) is 1. The molecule has 0 aliphatic heterocycles. The van der Waals surface area contributed by atoms with E-state index in [0.29, 0.717) is 30.1 Å². The second-order valence-electron chi connectivity index (χ2n) is 5.56. The maximum atomic E-state index is 12.0. The van der Waals surface area contributed by atoms with Gasteiger partial charge in [0.05, 0.1) is 6.04 Å². The van der Waals surface area contributed by atoms with E-state index in [1.54, 1.807) is 24.3 Å². The van der Waals surface area contributed by atoms with Gasteiger partial charge in [0.2, 0.25) is 5.91 Å². The highest BCUT2D eigenvalue weighted by atomic mass is 16.2. The van der Waals surface area contributed by atoms with Crippen LogP contribution in [0.1, 0.15) is 44.0 Å². The summed E-state index contributed by atoms with van der Waals surface area (Å²) >= 11 is 0. The lowest BCUT2D eigenvalue weighted by atomic mass is 10.0. The van der Waals surface area contributed by atoms with Gasteiger partial charge < -0.3 is 16.4 Å². The number of hydrogen-bond acceptors (Lipinski definition) is 3. The molecule has 0 saturated carbocycles. The Hall–Kier alpha value is -1.88. The number of anilines is 1. The summed E-state index contributed by atoms with van der Waals surface area (Å²) in [5.41, 5.74) is 6.95. The third-order valence-electron chi connectivity index (χ3n) is 2.99. The van der Waals surface area contributed by atoms with Gasteiger partial charge in [-0.25, -0.2) is 0 Å². The fourth-order valence-corrected chi connectivity index (χ4v) is 1.93. The molecular formula is C16H25N3O2. The molecular weight excluding hydrogens is 266 g/mol. The summed E-state index contributed by atoms with van der Waals surface area (Å²) in [6, 6.07) is 6.32. The van der Waals surface area contributed by atoms with E-state index in [0.717, 1.165) is 6.42 Å². The Labute approximate surface area is 126 Å². The van der Waals surface area contributed by atoms with Crippen molar-refractivity contribution in [3.63, 3.8) is 0 Å². The first-order chi connectivity index (χ1) is 9.93. The summed E-state index contributed by atoms with van der Waals surface area (Å²) in [6.07, 6.45) is 1.51. The number of benzene rings is 1. The van der Waals surface area contributed by atoms with Gasteiger partial charge in [-0.1, -0.05) is 26.8 Å². The van der Waals surface area contributed by atoms with Crippen LogP contribution in [0.3, 0.4) is 0 Å². The van der Waals surface area contributed by atoms with Crippen molar-refractivity contribution < 1.29 is 9.59 Å². The van der Waals surface area contributed by atoms with Crippen molar-refractivity contribution >= 4 is 17.5 Å². The summed E-state index contributed by atoms with van der Waals surface area (Å²) < 4.78 is 0. The molecule has 0 fully saturated rings. The molecule has 0 heterocycles. The number of amides is 2. The van der Waals surface area contributed by atoms with Gasteiger partial charge in [0.15, 0.2) is 0 Å². The van der Waals surface area contributed by atoms with E-state index in [-0.39, 0.29) is 11.8 Å². The molecule has 0 aliphatic rings. The van der Waals surface area contributed by atoms with E-state index in [2.05, 4.69) is 10.6 Å². The second-order valence-corrected chi connectivity index (χ2v) is 5.56. The lowest BCUT2D eigenvalue weighted by Gasteiger charge is -2.14. The van der Waals surface area contributed by atoms with Crippen LogP contribution in [0, 0.1) is 5.92 Å². The first-order valence-corrected chi connectivity index (χ1v) is 7.38. The minimum atomic E-state index is -0.539. The monoisotopic (exact) mass is 291 g/mol. The van der Waals surface area contributed by atoms with Crippen molar-refractivity contribution in [3.05, 3.63) is 29.8 Å². The van der Waals surface area contributed by atoms with Crippen LogP contribution in [0.2, 0.25) is 0 Å². The third-order valence-corrected chi connectivity index (χ3v) is 2.99. The molecule has 5 nitrogen and oxygen atoms in total. The highest BCUT2D eigenvalue weighted by Gasteiger charge is 2.15. The van der Waals surface area contributed by atoms with Crippen molar-refractivity contribution in [1.82, 2.24) is 5.32 Å². The van der Waals surface area contributed by atoms with E-state index in [9.17, 15) is 9.59 Å². The summed E-state index contributed by atoms with van der Waals surface area (Å²) in [4.78, 5) is 23.8. The molecule has 1 atom stereocenters. The van der Waals surface area contributed by atoms with E-state index < -0.39 is 6.04 Å². The number of nitrogens with one attached hydrogen (secondary N) is 2. The Morgan fingerprint density at radius 2 is 2.00 bits per heavy atom. The summed E-state index contributed by atoms with van der Waals surface area (Å²) in [5.74, 6) is -0.00819. The Morgan fingerprint density at radius 1 is 1.29 bits per heavy atom. The fourth-order valence-electron chi connectivity index (χ4n) is 1.93. The van der Waals surface area contributed by atoms with Crippen LogP contribution in [0.5, 0.6) is 0 Å². The first-order valence-electron chi connectivity index (χ1n) is 7.38. The molecule has 0 unspecified atom stereocenters. The van der Waals surface area contributed by atoms with Gasteiger partial charge in [0, 0.05) is 17.8 Å². The zero-order valence-electron chi connectivity index (χ0n) is 13.0. The van der Waals surface area contributed by atoms with E-state index in [1.807, 2.05) is 20.8 Å². The average molecular weight is 291 g/mol. The smallest absolute Gasteiger partial charge is 0.251 e. The maximum Gasteiger partial charge on any atom is 0.251 e. The minimum Gasteiger partial charge on any atom is -0.352 e. The predicted octanol–water partition coefficient (Wildman–Crippen LogP) is 2.14. The van der Waals surface area contributed by atoms with Gasteiger partial charge in [-0.05, 0) is 37.0 Å². The van der Waals surface area contributed by atoms with Crippen molar-refractivity contribution in [2.24, 2.45) is 11.7 Å². The quantitative estimate of drug-likeness (QED) is 0.719. The zero-order chi connectivity index (χ0) is 15.8. The number of carbonyl (C=O) groups excluding carboxylic acids is 2. The average Bonchev–Trinajstić information content (AvgIpc) is 2.44. The highest BCUT2D eigenvalue weighted by molar-refractivity contribution is 5.98. The van der Waals surface area contributed by atoms with Crippen LogP contribution >= 0.6 is 0 Å². The first kappa shape index (κ1) is 17.2. The SMILES string of the molecule is CCCNC(=O)c1cccc(NC(=O)[C@H](N)CC(C)C)c1. The lowest BCUT2D eigenvalue weighted by molar-refractivity contribution is -0.117. The molecule has 0 bridgehead atoms. The molecule has 2 amide bonds. The molecule has 1 aromatic carbocycles. The van der Waals surface area contributed by atoms with Gasteiger partial charge >= 0.3 is 0 Å². The molecule has 0 saturated heterocycles. The van der Waals surface area contributed by atoms with Crippen LogP contribution in [0.15, 0.2) is 24.3 Å². The van der Waals surface area contributed by atoms with E-state index >= 15 is 0 Å². The maximum absolute atomic E-state index is 12.0. The molecule has 4 N–H and O–H groups in total. The molecule has 1 rings (SSSR count). The van der Waals surface area contributed by atoms with Crippen LogP contribution in [0.25, 0.3) is 0 Å². The number of carbonyl (C=O) groups is 2. The Bertz CT molecular complexity index is 486. The van der Waals surface area contributed by atoms with Gasteiger partial charge in [-0.3, -0.25) is 9.59 Å². The predicted molar refractivity (Wildman–Crippen MR) is 85.1 cm³/mol. The largest absolute Gasteiger partial charge is 0.352 e. The van der Waals surface area contributed by atoms with Crippen LogP contribution in [-0.4, -0.2) is 24.4 Å². The van der Waals surface area contributed by atoms with Gasteiger partial charge in [-0.2, -0.15) is 0 Å². The fraction of sp³-hybridized carbons (Fsp3) is 0.500. The van der Waals surface area contributed by atoms with Gasteiger partial charge in [0.25, 0.3) is 5.91 Å². The minimum absolute atomic E-state index is 0.139. The van der Waals surface area contributed by atoms with Crippen molar-refractivity contribution in [3.8, 4) is 0 Å². The van der Waals surface area contributed by atoms with Crippen LogP contribution < -0.4 is 16.4 Å². The van der Waals surface area contributed by atoms with Crippen molar-refractivity contribution in [2.45, 2.75) is 39.7 Å². The van der Waals surface area contributed by atoms with E-state index in [1.165, 1.54) is 0 Å². The molecule has 21 heavy (non-hydrogen) atoms. The Morgan fingerprint density at radius 3 is 2.62 bits per heavy atom. The van der Waals surface area contributed by atoms with Crippen LogP contribution in [-0.2, 0) is 4.79 Å². The number of rotatable bonds is 7. The van der Waals surface area contributed by atoms with Crippen molar-refractivity contribution in [2.75, 3.05) is 11.9 Å². The highest BCUT2D eigenvalue weighted by Crippen LogP contribution is 2.12. The molecule has 0 spiro atoms. The normalized spacial score (nSPS) is 12.0.